The highest BCUT2D eigenvalue weighted by Gasteiger charge is 2.35. The number of hydrogen-bond donors (Lipinski definition) is 1. The second-order valence-electron chi connectivity index (χ2n) is 6.25. The summed E-state index contributed by atoms with van der Waals surface area (Å²) in [5.41, 5.74) is -0.620. The van der Waals surface area contributed by atoms with Crippen molar-refractivity contribution in [2.45, 2.75) is 18.4 Å². The molecule has 6 heteroatoms. The van der Waals surface area contributed by atoms with Gasteiger partial charge in [0.1, 0.15) is 23.8 Å². The Morgan fingerprint density at radius 2 is 1.88 bits per heavy atom. The number of piperidine rings is 1. The van der Waals surface area contributed by atoms with Crippen LogP contribution in [0.2, 0.25) is 5.02 Å². The van der Waals surface area contributed by atoms with Crippen molar-refractivity contribution < 1.29 is 19.0 Å². The topological polar surface area (TPSA) is 49.8 Å². The highest BCUT2D eigenvalue weighted by Crippen LogP contribution is 2.25. The van der Waals surface area contributed by atoms with E-state index in [1.54, 1.807) is 4.90 Å². The second kappa shape index (κ2) is 7.42. The fraction of sp³-hybridized carbons (Fsp3) is 0.316. The molecule has 0 spiro atoms. The maximum absolute atomic E-state index is 13.2. The van der Waals surface area contributed by atoms with Gasteiger partial charge in [0.2, 0.25) is 0 Å². The van der Waals surface area contributed by atoms with Crippen LogP contribution in [0.1, 0.15) is 23.2 Å². The van der Waals surface area contributed by atoms with Crippen molar-refractivity contribution in [3.63, 3.8) is 0 Å². The fourth-order valence-corrected chi connectivity index (χ4v) is 3.00. The lowest BCUT2D eigenvalue weighted by Crippen LogP contribution is -2.49. The monoisotopic (exact) mass is 363 g/mol. The molecule has 1 N–H and O–H groups in total. The number of amides is 1. The molecule has 0 bridgehead atoms. The SMILES string of the molecule is O=C(c1ccc(F)c(Cl)c1)N1CCC(O)(COc2ccccc2)CC1. The van der Waals surface area contributed by atoms with Crippen LogP contribution in [0.5, 0.6) is 5.75 Å². The van der Waals surface area contributed by atoms with Crippen LogP contribution in [0.25, 0.3) is 0 Å². The predicted octanol–water partition coefficient (Wildman–Crippen LogP) is 3.53. The zero-order valence-electron chi connectivity index (χ0n) is 13.6. The number of benzene rings is 2. The lowest BCUT2D eigenvalue weighted by Gasteiger charge is -2.38. The minimum Gasteiger partial charge on any atom is -0.491 e. The lowest BCUT2D eigenvalue weighted by molar-refractivity contribution is -0.0475. The minimum absolute atomic E-state index is 0.0735. The first-order valence-electron chi connectivity index (χ1n) is 8.11. The summed E-state index contributed by atoms with van der Waals surface area (Å²) in [6.07, 6.45) is 0.834. The van der Waals surface area contributed by atoms with Crippen molar-refractivity contribution in [2.24, 2.45) is 0 Å². The van der Waals surface area contributed by atoms with Crippen LogP contribution < -0.4 is 4.74 Å². The smallest absolute Gasteiger partial charge is 0.253 e. The van der Waals surface area contributed by atoms with Crippen molar-refractivity contribution >= 4 is 17.5 Å². The maximum Gasteiger partial charge on any atom is 0.253 e. The zero-order valence-corrected chi connectivity index (χ0v) is 14.4. The quantitative estimate of drug-likeness (QED) is 0.904. The Bertz CT molecular complexity index is 746. The molecule has 0 saturated carbocycles. The molecule has 0 atom stereocenters. The first-order chi connectivity index (χ1) is 12.0. The Kier molecular flexibility index (Phi) is 5.25. The largest absolute Gasteiger partial charge is 0.491 e. The van der Waals surface area contributed by atoms with Gasteiger partial charge in [0.15, 0.2) is 0 Å². The third-order valence-corrected chi connectivity index (χ3v) is 4.69. The third-order valence-electron chi connectivity index (χ3n) is 4.40. The molecule has 1 aliphatic heterocycles. The van der Waals surface area contributed by atoms with E-state index in [0.29, 0.717) is 37.2 Å². The van der Waals surface area contributed by atoms with Gasteiger partial charge in [0, 0.05) is 18.7 Å². The normalized spacial score (nSPS) is 16.5. The van der Waals surface area contributed by atoms with E-state index < -0.39 is 11.4 Å². The van der Waals surface area contributed by atoms with Crippen LogP contribution in [0.15, 0.2) is 48.5 Å². The molecule has 0 aromatic heterocycles. The van der Waals surface area contributed by atoms with E-state index in [9.17, 15) is 14.3 Å². The first kappa shape index (κ1) is 17.7. The molecule has 0 aliphatic carbocycles. The van der Waals surface area contributed by atoms with Crippen molar-refractivity contribution in [1.29, 1.82) is 0 Å². The molecule has 1 fully saturated rings. The Hall–Kier alpha value is -2.11. The van der Waals surface area contributed by atoms with E-state index in [4.69, 9.17) is 16.3 Å². The van der Waals surface area contributed by atoms with Crippen molar-refractivity contribution in [3.05, 3.63) is 64.9 Å². The molecule has 1 heterocycles. The summed E-state index contributed by atoms with van der Waals surface area (Å²) < 4.78 is 18.9. The van der Waals surface area contributed by atoms with Crippen LogP contribution in [-0.4, -0.2) is 41.2 Å². The number of rotatable bonds is 4. The highest BCUT2D eigenvalue weighted by atomic mass is 35.5. The standard InChI is InChI=1S/C19H19ClFNO3/c20-16-12-14(6-7-17(16)21)18(23)22-10-8-19(24,9-11-22)13-25-15-4-2-1-3-5-15/h1-7,12,24H,8-11,13H2. The van der Waals surface area contributed by atoms with Crippen molar-refractivity contribution in [1.82, 2.24) is 4.90 Å². The van der Waals surface area contributed by atoms with Gasteiger partial charge < -0.3 is 14.7 Å². The van der Waals surface area contributed by atoms with E-state index >= 15 is 0 Å². The highest BCUT2D eigenvalue weighted by molar-refractivity contribution is 6.31. The Labute approximate surface area is 150 Å². The van der Waals surface area contributed by atoms with E-state index in [-0.39, 0.29) is 17.5 Å². The van der Waals surface area contributed by atoms with Gasteiger partial charge in [-0.1, -0.05) is 29.8 Å². The molecule has 3 rings (SSSR count). The van der Waals surface area contributed by atoms with E-state index in [1.807, 2.05) is 30.3 Å². The number of para-hydroxylation sites is 1. The summed E-state index contributed by atoms with van der Waals surface area (Å²) in [6, 6.07) is 13.2. The van der Waals surface area contributed by atoms with Gasteiger partial charge in [-0.3, -0.25) is 4.79 Å². The van der Waals surface area contributed by atoms with Gasteiger partial charge in [-0.05, 0) is 43.2 Å². The Balaban J connectivity index is 1.57. The number of ether oxygens (including phenoxy) is 1. The van der Waals surface area contributed by atoms with E-state index in [2.05, 4.69) is 0 Å². The fourth-order valence-electron chi connectivity index (χ4n) is 2.82. The lowest BCUT2D eigenvalue weighted by atomic mass is 9.92. The molecule has 0 radical (unpaired) electrons. The van der Waals surface area contributed by atoms with Crippen LogP contribution >= 0.6 is 11.6 Å². The average molecular weight is 364 g/mol. The van der Waals surface area contributed by atoms with E-state index in [1.165, 1.54) is 18.2 Å². The number of aliphatic hydroxyl groups is 1. The van der Waals surface area contributed by atoms with Crippen LogP contribution in [0.4, 0.5) is 4.39 Å². The van der Waals surface area contributed by atoms with Gasteiger partial charge in [-0.15, -0.1) is 0 Å². The Morgan fingerprint density at radius 1 is 1.20 bits per heavy atom. The summed E-state index contributed by atoms with van der Waals surface area (Å²) in [6.45, 7) is 0.992. The first-order valence-corrected chi connectivity index (χ1v) is 8.49. The molecule has 2 aromatic rings. The van der Waals surface area contributed by atoms with Gasteiger partial charge in [-0.2, -0.15) is 0 Å². The Morgan fingerprint density at radius 3 is 2.52 bits per heavy atom. The summed E-state index contributed by atoms with van der Waals surface area (Å²) in [7, 11) is 0. The zero-order chi connectivity index (χ0) is 17.9. The molecular formula is C19H19ClFNO3. The number of nitrogens with zero attached hydrogens (tertiary/aromatic N) is 1. The second-order valence-corrected chi connectivity index (χ2v) is 6.65. The minimum atomic E-state index is -0.965. The van der Waals surface area contributed by atoms with Crippen LogP contribution in [0.3, 0.4) is 0 Å². The third kappa shape index (κ3) is 4.30. The molecular weight excluding hydrogens is 345 g/mol. The molecule has 1 aliphatic rings. The number of hydrogen-bond acceptors (Lipinski definition) is 3. The average Bonchev–Trinajstić information content (AvgIpc) is 2.63. The summed E-state index contributed by atoms with van der Waals surface area (Å²) >= 11 is 5.74. The molecule has 4 nitrogen and oxygen atoms in total. The molecule has 0 unspecified atom stereocenters. The molecule has 1 amide bonds. The van der Waals surface area contributed by atoms with E-state index in [0.717, 1.165) is 0 Å². The van der Waals surface area contributed by atoms with Gasteiger partial charge in [0.25, 0.3) is 5.91 Å². The van der Waals surface area contributed by atoms with Crippen LogP contribution in [0, 0.1) is 5.82 Å². The van der Waals surface area contributed by atoms with Gasteiger partial charge >= 0.3 is 0 Å². The van der Waals surface area contributed by atoms with Gasteiger partial charge in [0.05, 0.1) is 5.02 Å². The number of halogens is 2. The van der Waals surface area contributed by atoms with Gasteiger partial charge in [-0.25, -0.2) is 4.39 Å². The summed E-state index contributed by atoms with van der Waals surface area (Å²) in [5, 5.41) is 10.6. The summed E-state index contributed by atoms with van der Waals surface area (Å²) in [5.74, 6) is -0.0624. The number of likely N-dealkylation sites (tertiary alicyclic amines) is 1. The number of carbonyl (C=O) groups is 1. The van der Waals surface area contributed by atoms with Crippen molar-refractivity contribution in [3.8, 4) is 5.75 Å². The van der Waals surface area contributed by atoms with Crippen molar-refractivity contribution in [2.75, 3.05) is 19.7 Å². The molecule has 25 heavy (non-hydrogen) atoms. The predicted molar refractivity (Wildman–Crippen MR) is 93.4 cm³/mol. The number of carbonyl (C=O) groups excluding carboxylic acids is 1. The molecule has 132 valence electrons. The maximum atomic E-state index is 13.2. The molecule has 1 saturated heterocycles. The summed E-state index contributed by atoms with van der Waals surface area (Å²) in [4.78, 5) is 14.1. The van der Waals surface area contributed by atoms with Crippen LogP contribution in [-0.2, 0) is 0 Å². The molecule has 2 aromatic carbocycles.